The van der Waals surface area contributed by atoms with Crippen LogP contribution >= 0.6 is 0 Å². The predicted molar refractivity (Wildman–Crippen MR) is 99.3 cm³/mol. The Morgan fingerprint density at radius 3 is 2.30 bits per heavy atom. The summed E-state index contributed by atoms with van der Waals surface area (Å²) in [5.74, 6) is -0.324. The predicted octanol–water partition coefficient (Wildman–Crippen LogP) is 3.11. The smallest absolute Gasteiger partial charge is 0.200 e. The van der Waals surface area contributed by atoms with Gasteiger partial charge in [-0.2, -0.15) is 0 Å². The van der Waals surface area contributed by atoms with Gasteiger partial charge in [-0.25, -0.2) is 8.78 Å². The van der Waals surface area contributed by atoms with Crippen LogP contribution in [0.1, 0.15) is 24.1 Å². The first-order valence-corrected chi connectivity index (χ1v) is 8.25. The zero-order valence-electron chi connectivity index (χ0n) is 15.6. The van der Waals surface area contributed by atoms with E-state index >= 15 is 0 Å². The van der Waals surface area contributed by atoms with Gasteiger partial charge in [0, 0.05) is 25.2 Å². The number of hydrogen-bond donors (Lipinski definition) is 3. The summed E-state index contributed by atoms with van der Waals surface area (Å²) in [6, 6.07) is 6.36. The number of rotatable bonds is 6. The third-order valence-corrected chi connectivity index (χ3v) is 4.01. The van der Waals surface area contributed by atoms with Crippen LogP contribution in [0.3, 0.4) is 0 Å². The topological polar surface area (TPSA) is 75.1 Å². The fourth-order valence-corrected chi connectivity index (χ4v) is 2.57. The number of hydrogen-bond acceptors (Lipinski definition) is 4. The van der Waals surface area contributed by atoms with E-state index in [0.717, 1.165) is 11.6 Å². The SMILES string of the molecule is CN=C(NCc1cc(OC)c(O)c(OC)c1)NC(C)c1ccc(F)cc1F. The van der Waals surface area contributed by atoms with Gasteiger partial charge in [0.2, 0.25) is 5.75 Å². The summed E-state index contributed by atoms with van der Waals surface area (Å²) in [6.45, 7) is 2.10. The maximum Gasteiger partial charge on any atom is 0.200 e. The van der Waals surface area contributed by atoms with E-state index < -0.39 is 17.7 Å². The lowest BCUT2D eigenvalue weighted by Gasteiger charge is -2.19. The molecule has 1 atom stereocenters. The molecular weight excluding hydrogens is 356 g/mol. The number of aromatic hydroxyl groups is 1. The molecule has 3 N–H and O–H groups in total. The van der Waals surface area contributed by atoms with Gasteiger partial charge in [-0.3, -0.25) is 4.99 Å². The highest BCUT2D eigenvalue weighted by Gasteiger charge is 2.14. The minimum absolute atomic E-state index is 0.0772. The van der Waals surface area contributed by atoms with Crippen LogP contribution in [-0.2, 0) is 6.54 Å². The fourth-order valence-electron chi connectivity index (χ4n) is 2.57. The number of ether oxygens (including phenoxy) is 2. The first kappa shape index (κ1) is 20.3. The van der Waals surface area contributed by atoms with E-state index in [1.807, 2.05) is 0 Å². The minimum atomic E-state index is -0.626. The lowest BCUT2D eigenvalue weighted by molar-refractivity contribution is 0.339. The van der Waals surface area contributed by atoms with Crippen molar-refractivity contribution in [2.24, 2.45) is 4.99 Å². The number of phenolic OH excluding ortho intramolecular Hbond substituents is 1. The number of benzene rings is 2. The maximum atomic E-state index is 13.9. The van der Waals surface area contributed by atoms with Gasteiger partial charge in [0.05, 0.1) is 20.3 Å². The molecule has 0 bridgehead atoms. The van der Waals surface area contributed by atoms with Crippen LogP contribution in [0.25, 0.3) is 0 Å². The van der Waals surface area contributed by atoms with E-state index in [1.54, 1.807) is 26.1 Å². The number of methoxy groups -OCH3 is 2. The van der Waals surface area contributed by atoms with Crippen LogP contribution in [0.4, 0.5) is 8.78 Å². The van der Waals surface area contributed by atoms with Gasteiger partial charge in [-0.05, 0) is 30.7 Å². The van der Waals surface area contributed by atoms with Crippen LogP contribution in [0.5, 0.6) is 17.2 Å². The standard InChI is InChI=1S/C19H23F2N3O3/c1-11(14-6-5-13(20)9-15(14)21)24-19(22-2)23-10-12-7-16(26-3)18(25)17(8-12)27-4/h5-9,11,25H,10H2,1-4H3,(H2,22,23,24). The van der Waals surface area contributed by atoms with Crippen molar-refractivity contribution in [3.05, 3.63) is 53.1 Å². The Balaban J connectivity index is 2.07. The zero-order chi connectivity index (χ0) is 20.0. The molecule has 8 heteroatoms. The quantitative estimate of drug-likeness (QED) is 0.531. The molecule has 0 heterocycles. The number of halogens is 2. The molecule has 0 saturated heterocycles. The summed E-state index contributed by atoms with van der Waals surface area (Å²) in [5.41, 5.74) is 1.11. The number of nitrogens with one attached hydrogen (secondary N) is 2. The van der Waals surface area contributed by atoms with Crippen molar-refractivity contribution in [2.75, 3.05) is 21.3 Å². The summed E-state index contributed by atoms with van der Waals surface area (Å²) >= 11 is 0. The van der Waals surface area contributed by atoms with E-state index in [-0.39, 0.29) is 17.2 Å². The van der Waals surface area contributed by atoms with Crippen molar-refractivity contribution >= 4 is 5.96 Å². The Hall–Kier alpha value is -3.03. The second kappa shape index (κ2) is 9.07. The van der Waals surface area contributed by atoms with Crippen LogP contribution in [-0.4, -0.2) is 32.3 Å². The van der Waals surface area contributed by atoms with Crippen molar-refractivity contribution < 1.29 is 23.4 Å². The molecule has 0 aliphatic carbocycles. The molecule has 2 rings (SSSR count). The van der Waals surface area contributed by atoms with Gasteiger partial charge in [0.1, 0.15) is 11.6 Å². The Labute approximate surface area is 156 Å². The molecule has 0 spiro atoms. The van der Waals surface area contributed by atoms with Gasteiger partial charge >= 0.3 is 0 Å². The Bertz CT molecular complexity index is 803. The molecule has 27 heavy (non-hydrogen) atoms. The van der Waals surface area contributed by atoms with Crippen molar-refractivity contribution in [3.63, 3.8) is 0 Å². The summed E-state index contributed by atoms with van der Waals surface area (Å²) in [5, 5.41) is 16.1. The third kappa shape index (κ3) is 4.99. The van der Waals surface area contributed by atoms with E-state index in [4.69, 9.17) is 9.47 Å². The summed E-state index contributed by atoms with van der Waals surface area (Å²) in [6.07, 6.45) is 0. The molecule has 2 aromatic carbocycles. The molecule has 0 aliphatic heterocycles. The molecule has 0 aromatic heterocycles. The minimum Gasteiger partial charge on any atom is -0.502 e. The molecule has 0 aliphatic rings. The molecule has 1 unspecified atom stereocenters. The molecule has 0 fully saturated rings. The Kier molecular flexibility index (Phi) is 6.81. The van der Waals surface area contributed by atoms with Crippen molar-refractivity contribution in [3.8, 4) is 17.2 Å². The molecule has 0 radical (unpaired) electrons. The lowest BCUT2D eigenvalue weighted by atomic mass is 10.1. The van der Waals surface area contributed by atoms with Crippen molar-refractivity contribution in [1.29, 1.82) is 0 Å². The van der Waals surface area contributed by atoms with Gasteiger partial charge < -0.3 is 25.2 Å². The van der Waals surface area contributed by atoms with Crippen molar-refractivity contribution in [2.45, 2.75) is 19.5 Å². The summed E-state index contributed by atoms with van der Waals surface area (Å²) < 4.78 is 37.2. The summed E-state index contributed by atoms with van der Waals surface area (Å²) in [7, 11) is 4.48. The van der Waals surface area contributed by atoms with Crippen LogP contribution in [0.2, 0.25) is 0 Å². The van der Waals surface area contributed by atoms with Gasteiger partial charge in [-0.15, -0.1) is 0 Å². The monoisotopic (exact) mass is 379 g/mol. The molecule has 6 nitrogen and oxygen atoms in total. The molecule has 146 valence electrons. The van der Waals surface area contributed by atoms with Gasteiger partial charge in [0.15, 0.2) is 17.5 Å². The average molecular weight is 379 g/mol. The van der Waals surface area contributed by atoms with Crippen molar-refractivity contribution in [1.82, 2.24) is 10.6 Å². The highest BCUT2D eigenvalue weighted by molar-refractivity contribution is 5.80. The summed E-state index contributed by atoms with van der Waals surface area (Å²) in [4.78, 5) is 4.10. The third-order valence-electron chi connectivity index (χ3n) is 4.01. The fraction of sp³-hybridized carbons (Fsp3) is 0.316. The lowest BCUT2D eigenvalue weighted by Crippen LogP contribution is -2.38. The number of guanidine groups is 1. The van der Waals surface area contributed by atoms with Gasteiger partial charge in [0.25, 0.3) is 0 Å². The number of phenols is 1. The Morgan fingerprint density at radius 1 is 1.15 bits per heavy atom. The van der Waals surface area contributed by atoms with E-state index in [9.17, 15) is 13.9 Å². The van der Waals surface area contributed by atoms with Crippen LogP contribution in [0.15, 0.2) is 35.3 Å². The number of nitrogens with zero attached hydrogens (tertiary/aromatic N) is 1. The molecule has 0 saturated carbocycles. The second-order valence-electron chi connectivity index (χ2n) is 5.81. The average Bonchev–Trinajstić information content (AvgIpc) is 2.65. The molecular formula is C19H23F2N3O3. The highest BCUT2D eigenvalue weighted by Crippen LogP contribution is 2.37. The Morgan fingerprint density at radius 2 is 1.78 bits per heavy atom. The van der Waals surface area contributed by atoms with E-state index in [2.05, 4.69) is 15.6 Å². The van der Waals surface area contributed by atoms with E-state index in [0.29, 0.717) is 18.1 Å². The normalized spacial score (nSPS) is 12.4. The second-order valence-corrected chi connectivity index (χ2v) is 5.81. The molecule has 0 amide bonds. The largest absolute Gasteiger partial charge is 0.502 e. The molecule has 2 aromatic rings. The number of aliphatic imine (C=N–C) groups is 1. The van der Waals surface area contributed by atoms with Crippen LogP contribution < -0.4 is 20.1 Å². The highest BCUT2D eigenvalue weighted by atomic mass is 19.1. The zero-order valence-corrected chi connectivity index (χ0v) is 15.6. The first-order valence-electron chi connectivity index (χ1n) is 8.25. The van der Waals surface area contributed by atoms with Crippen LogP contribution in [0, 0.1) is 11.6 Å². The van der Waals surface area contributed by atoms with Gasteiger partial charge in [-0.1, -0.05) is 6.07 Å². The maximum absolute atomic E-state index is 13.9. The first-order chi connectivity index (χ1) is 12.9. The van der Waals surface area contributed by atoms with E-state index in [1.165, 1.54) is 26.4 Å².